The number of aromatic nitrogens is 2. The minimum absolute atomic E-state index is 0.259. The first-order valence-electron chi connectivity index (χ1n) is 6.51. The number of carbonyl (C=O) groups is 1. The Labute approximate surface area is 122 Å². The molecule has 21 heavy (non-hydrogen) atoms. The summed E-state index contributed by atoms with van der Waals surface area (Å²) in [6.07, 6.45) is 1.64. The summed E-state index contributed by atoms with van der Waals surface area (Å²) in [5.41, 5.74) is 7.58. The quantitative estimate of drug-likeness (QED) is 0.723. The van der Waals surface area contributed by atoms with Gasteiger partial charge in [-0.05, 0) is 24.3 Å². The number of hydrogen-bond acceptors (Lipinski definition) is 3. The highest BCUT2D eigenvalue weighted by Gasteiger charge is 2.12. The van der Waals surface area contributed by atoms with E-state index in [1.807, 2.05) is 30.3 Å². The summed E-state index contributed by atoms with van der Waals surface area (Å²) in [6.45, 7) is 0. The van der Waals surface area contributed by atoms with Crippen LogP contribution in [-0.2, 0) is 0 Å². The second-order valence-electron chi connectivity index (χ2n) is 4.51. The second kappa shape index (κ2) is 5.50. The highest BCUT2D eigenvalue weighted by atomic mass is 16.1. The number of anilines is 2. The second-order valence-corrected chi connectivity index (χ2v) is 4.51. The van der Waals surface area contributed by atoms with Gasteiger partial charge >= 0.3 is 0 Å². The summed E-state index contributed by atoms with van der Waals surface area (Å²) in [4.78, 5) is 12.3. The third-order valence-electron chi connectivity index (χ3n) is 3.09. The van der Waals surface area contributed by atoms with Gasteiger partial charge in [0, 0.05) is 11.8 Å². The highest BCUT2D eigenvalue weighted by molar-refractivity contribution is 6.07. The van der Waals surface area contributed by atoms with Crippen molar-refractivity contribution in [1.82, 2.24) is 9.78 Å². The molecule has 0 saturated carbocycles. The Morgan fingerprint density at radius 2 is 1.71 bits per heavy atom. The first-order chi connectivity index (χ1) is 10.3. The Bertz CT molecular complexity index is 765. The number of nitrogens with one attached hydrogen (secondary N) is 1. The van der Waals surface area contributed by atoms with Crippen molar-refractivity contribution in [3.8, 4) is 5.69 Å². The zero-order valence-electron chi connectivity index (χ0n) is 11.2. The Hall–Kier alpha value is -3.08. The van der Waals surface area contributed by atoms with Gasteiger partial charge in [0.2, 0.25) is 0 Å². The first-order valence-corrected chi connectivity index (χ1v) is 6.51. The van der Waals surface area contributed by atoms with Crippen LogP contribution in [-0.4, -0.2) is 15.7 Å². The Morgan fingerprint density at radius 1 is 1.00 bits per heavy atom. The molecule has 104 valence electrons. The molecule has 5 nitrogen and oxygen atoms in total. The largest absolute Gasteiger partial charge is 0.398 e. The van der Waals surface area contributed by atoms with Crippen LogP contribution in [0.15, 0.2) is 66.9 Å². The average Bonchev–Trinajstić information content (AvgIpc) is 2.96. The summed E-state index contributed by atoms with van der Waals surface area (Å²) >= 11 is 0. The van der Waals surface area contributed by atoms with Gasteiger partial charge in [0.05, 0.1) is 17.4 Å². The van der Waals surface area contributed by atoms with Gasteiger partial charge < -0.3 is 11.1 Å². The molecule has 0 bridgehead atoms. The van der Waals surface area contributed by atoms with E-state index in [0.717, 1.165) is 5.69 Å². The summed E-state index contributed by atoms with van der Waals surface area (Å²) in [5, 5.41) is 7.05. The molecule has 2 aromatic carbocycles. The van der Waals surface area contributed by atoms with E-state index in [1.54, 1.807) is 41.2 Å². The lowest BCUT2D eigenvalue weighted by atomic mass is 10.1. The smallest absolute Gasteiger partial charge is 0.258 e. The molecule has 0 aliphatic heterocycles. The number of nitrogens with two attached hydrogens (primary N) is 1. The van der Waals surface area contributed by atoms with Crippen LogP contribution in [0, 0.1) is 0 Å². The molecule has 0 fully saturated rings. The maximum absolute atomic E-state index is 12.3. The van der Waals surface area contributed by atoms with Crippen LogP contribution in [0.5, 0.6) is 0 Å². The van der Waals surface area contributed by atoms with Crippen LogP contribution in [0.25, 0.3) is 5.69 Å². The Morgan fingerprint density at radius 3 is 2.48 bits per heavy atom. The number of nitrogen functional groups attached to an aromatic ring is 1. The predicted molar refractivity (Wildman–Crippen MR) is 82.4 cm³/mol. The van der Waals surface area contributed by atoms with Gasteiger partial charge in [-0.15, -0.1) is 0 Å². The summed E-state index contributed by atoms with van der Waals surface area (Å²) in [5.74, 6) is 0.334. The van der Waals surface area contributed by atoms with Crippen molar-refractivity contribution < 1.29 is 4.79 Å². The molecule has 0 unspecified atom stereocenters. The van der Waals surface area contributed by atoms with Crippen LogP contribution < -0.4 is 11.1 Å². The first kappa shape index (κ1) is 12.9. The Balaban J connectivity index is 1.89. The lowest BCUT2D eigenvalue weighted by Crippen LogP contribution is -2.16. The van der Waals surface area contributed by atoms with Crippen molar-refractivity contribution in [2.24, 2.45) is 0 Å². The maximum atomic E-state index is 12.3. The third-order valence-corrected chi connectivity index (χ3v) is 3.09. The minimum atomic E-state index is -0.259. The predicted octanol–water partition coefficient (Wildman–Crippen LogP) is 2.71. The van der Waals surface area contributed by atoms with E-state index in [9.17, 15) is 4.79 Å². The molecule has 0 atom stereocenters. The van der Waals surface area contributed by atoms with Crippen molar-refractivity contribution >= 4 is 17.4 Å². The number of para-hydroxylation sites is 2. The minimum Gasteiger partial charge on any atom is -0.398 e. The third kappa shape index (κ3) is 2.62. The highest BCUT2D eigenvalue weighted by Crippen LogP contribution is 2.17. The number of rotatable bonds is 3. The van der Waals surface area contributed by atoms with Crippen LogP contribution in [0.4, 0.5) is 11.5 Å². The van der Waals surface area contributed by atoms with Crippen molar-refractivity contribution in [2.45, 2.75) is 0 Å². The molecule has 0 radical (unpaired) electrons. The normalized spacial score (nSPS) is 10.3. The van der Waals surface area contributed by atoms with Gasteiger partial charge in [0.1, 0.15) is 5.82 Å². The van der Waals surface area contributed by atoms with E-state index in [2.05, 4.69) is 10.4 Å². The van der Waals surface area contributed by atoms with Gasteiger partial charge in [-0.1, -0.05) is 30.3 Å². The summed E-state index contributed by atoms with van der Waals surface area (Å²) in [7, 11) is 0. The molecular weight excluding hydrogens is 264 g/mol. The van der Waals surface area contributed by atoms with Gasteiger partial charge in [0.15, 0.2) is 0 Å². The number of amides is 1. The molecule has 1 amide bonds. The Kier molecular flexibility index (Phi) is 3.39. The number of carbonyl (C=O) groups excluding carboxylic acids is 1. The van der Waals surface area contributed by atoms with Crippen molar-refractivity contribution in [2.75, 3.05) is 11.1 Å². The van der Waals surface area contributed by atoms with Gasteiger partial charge in [-0.2, -0.15) is 5.10 Å². The van der Waals surface area contributed by atoms with E-state index in [-0.39, 0.29) is 5.91 Å². The maximum Gasteiger partial charge on any atom is 0.258 e. The van der Waals surface area contributed by atoms with Gasteiger partial charge in [-0.25, -0.2) is 4.68 Å². The lowest BCUT2D eigenvalue weighted by Gasteiger charge is -2.10. The lowest BCUT2D eigenvalue weighted by molar-refractivity contribution is 0.102. The molecular formula is C16H14N4O. The van der Waals surface area contributed by atoms with E-state index in [4.69, 9.17) is 5.73 Å². The molecule has 0 aliphatic rings. The summed E-state index contributed by atoms with van der Waals surface area (Å²) < 4.78 is 1.66. The number of nitrogens with zero attached hydrogens (tertiary/aromatic N) is 2. The molecule has 3 N–H and O–H groups in total. The van der Waals surface area contributed by atoms with Gasteiger partial charge in [0.25, 0.3) is 5.91 Å². The molecule has 0 saturated heterocycles. The molecule has 3 aromatic rings. The average molecular weight is 278 g/mol. The molecule has 1 heterocycles. The molecule has 3 rings (SSSR count). The van der Waals surface area contributed by atoms with Crippen LogP contribution in [0.2, 0.25) is 0 Å². The van der Waals surface area contributed by atoms with E-state index >= 15 is 0 Å². The van der Waals surface area contributed by atoms with E-state index in [1.165, 1.54) is 0 Å². The van der Waals surface area contributed by atoms with E-state index in [0.29, 0.717) is 17.1 Å². The van der Waals surface area contributed by atoms with Crippen molar-refractivity contribution in [3.63, 3.8) is 0 Å². The molecule has 5 heteroatoms. The van der Waals surface area contributed by atoms with Crippen molar-refractivity contribution in [1.29, 1.82) is 0 Å². The number of benzene rings is 2. The monoisotopic (exact) mass is 278 g/mol. The molecule has 0 spiro atoms. The van der Waals surface area contributed by atoms with E-state index < -0.39 is 0 Å². The molecule has 1 aromatic heterocycles. The standard InChI is InChI=1S/C16H14N4O/c17-14-9-5-4-8-13(14)16(21)19-15-10-11-18-20(15)12-6-2-1-3-7-12/h1-11H,17H2,(H,19,21). The zero-order chi connectivity index (χ0) is 14.7. The fourth-order valence-electron chi connectivity index (χ4n) is 2.06. The van der Waals surface area contributed by atoms with Crippen LogP contribution in [0.1, 0.15) is 10.4 Å². The summed E-state index contributed by atoms with van der Waals surface area (Å²) in [6, 6.07) is 18.3. The zero-order valence-corrected chi connectivity index (χ0v) is 11.2. The van der Waals surface area contributed by atoms with Gasteiger partial charge in [-0.3, -0.25) is 4.79 Å². The van der Waals surface area contributed by atoms with Crippen molar-refractivity contribution in [3.05, 3.63) is 72.4 Å². The fraction of sp³-hybridized carbons (Fsp3) is 0. The molecule has 0 aliphatic carbocycles. The topological polar surface area (TPSA) is 72.9 Å². The van der Waals surface area contributed by atoms with Crippen LogP contribution >= 0.6 is 0 Å². The van der Waals surface area contributed by atoms with Crippen LogP contribution in [0.3, 0.4) is 0 Å². The number of hydrogen-bond donors (Lipinski definition) is 2. The fourth-order valence-corrected chi connectivity index (χ4v) is 2.06. The SMILES string of the molecule is Nc1ccccc1C(=O)Nc1ccnn1-c1ccccc1.